The number of carboxylic acids is 1. The minimum absolute atomic E-state index is 0.0350. The van der Waals surface area contributed by atoms with E-state index in [-0.39, 0.29) is 10.8 Å². The molecule has 0 bridgehead atoms. The number of hydrogen-bond acceptors (Lipinski definition) is 4. The fourth-order valence-corrected chi connectivity index (χ4v) is 2.06. The molecule has 88 valence electrons. The molecule has 0 fully saturated rings. The first-order valence-electron chi connectivity index (χ1n) is 5.01. The summed E-state index contributed by atoms with van der Waals surface area (Å²) in [4.78, 5) is 26.3. The van der Waals surface area contributed by atoms with E-state index in [1.165, 1.54) is 0 Å². The summed E-state index contributed by atoms with van der Waals surface area (Å²) >= 11 is 1.10. The van der Waals surface area contributed by atoms with Gasteiger partial charge in [0.2, 0.25) is 5.91 Å². The Labute approximate surface area is 97.5 Å². The van der Waals surface area contributed by atoms with Crippen LogP contribution in [0.5, 0.6) is 0 Å². The minimum Gasteiger partial charge on any atom is -0.477 e. The number of hydrogen-bond donors (Lipinski definition) is 2. The van der Waals surface area contributed by atoms with E-state index in [9.17, 15) is 9.59 Å². The van der Waals surface area contributed by atoms with Crippen molar-refractivity contribution in [1.29, 1.82) is 0 Å². The topological polar surface area (TPSA) is 79.3 Å². The summed E-state index contributed by atoms with van der Waals surface area (Å²) in [5.74, 6) is -1.01. The summed E-state index contributed by atoms with van der Waals surface area (Å²) in [6, 6.07) is 0. The Morgan fingerprint density at radius 3 is 2.69 bits per heavy atom. The number of thiazole rings is 1. The van der Waals surface area contributed by atoms with Crippen molar-refractivity contribution in [1.82, 2.24) is 10.3 Å². The van der Waals surface area contributed by atoms with Gasteiger partial charge < -0.3 is 10.4 Å². The van der Waals surface area contributed by atoms with Gasteiger partial charge in [0.15, 0.2) is 0 Å². The average Bonchev–Trinajstić information content (AvgIpc) is 2.57. The zero-order valence-corrected chi connectivity index (χ0v) is 10.1. The minimum atomic E-state index is -0.971. The number of nitrogens with zero attached hydrogens (tertiary/aromatic N) is 1. The van der Waals surface area contributed by atoms with E-state index in [0.29, 0.717) is 23.7 Å². The third-order valence-corrected chi connectivity index (χ3v) is 3.09. The number of carbonyl (C=O) groups is 2. The SMILES string of the molecule is CCCC(=O)NCc1nc(C)c(C(=O)O)s1. The van der Waals surface area contributed by atoms with E-state index in [4.69, 9.17) is 5.11 Å². The first-order chi connectivity index (χ1) is 7.54. The summed E-state index contributed by atoms with van der Waals surface area (Å²) in [6.45, 7) is 3.88. The zero-order valence-electron chi connectivity index (χ0n) is 9.24. The van der Waals surface area contributed by atoms with Crippen LogP contribution in [-0.4, -0.2) is 22.0 Å². The number of carboxylic acid groups (broad SMARTS) is 1. The number of aromatic nitrogens is 1. The zero-order chi connectivity index (χ0) is 12.1. The Bertz CT molecular complexity index is 401. The molecule has 0 radical (unpaired) electrons. The summed E-state index contributed by atoms with van der Waals surface area (Å²) in [5, 5.41) is 12.1. The van der Waals surface area contributed by atoms with Crippen molar-refractivity contribution in [2.75, 3.05) is 0 Å². The van der Waals surface area contributed by atoms with Gasteiger partial charge in [0, 0.05) is 6.42 Å². The lowest BCUT2D eigenvalue weighted by Gasteiger charge is -2.00. The molecule has 1 amide bonds. The number of carbonyl (C=O) groups excluding carboxylic acids is 1. The monoisotopic (exact) mass is 242 g/mol. The molecule has 1 rings (SSSR count). The quantitative estimate of drug-likeness (QED) is 0.821. The first-order valence-corrected chi connectivity index (χ1v) is 5.82. The summed E-state index contributed by atoms with van der Waals surface area (Å²) < 4.78 is 0. The summed E-state index contributed by atoms with van der Waals surface area (Å²) in [6.07, 6.45) is 1.28. The molecule has 0 saturated heterocycles. The molecule has 16 heavy (non-hydrogen) atoms. The third kappa shape index (κ3) is 3.30. The molecule has 1 aromatic heterocycles. The maximum absolute atomic E-state index is 11.2. The van der Waals surface area contributed by atoms with Gasteiger partial charge in [-0.25, -0.2) is 9.78 Å². The lowest BCUT2D eigenvalue weighted by atomic mass is 10.3. The van der Waals surface area contributed by atoms with Gasteiger partial charge in [0.05, 0.1) is 12.2 Å². The summed E-state index contributed by atoms with van der Waals surface area (Å²) in [5.41, 5.74) is 0.497. The van der Waals surface area contributed by atoms with Crippen molar-refractivity contribution in [3.63, 3.8) is 0 Å². The van der Waals surface area contributed by atoms with Crippen molar-refractivity contribution in [3.8, 4) is 0 Å². The van der Waals surface area contributed by atoms with Gasteiger partial charge in [-0.05, 0) is 13.3 Å². The molecule has 0 saturated carbocycles. The first kappa shape index (κ1) is 12.6. The Hall–Kier alpha value is -1.43. The maximum Gasteiger partial charge on any atom is 0.347 e. The molecular formula is C10H14N2O3S. The predicted octanol–water partition coefficient (Wildman–Crippen LogP) is 1.57. The highest BCUT2D eigenvalue weighted by atomic mass is 32.1. The second-order valence-corrected chi connectivity index (χ2v) is 4.44. The van der Waals surface area contributed by atoms with Crippen LogP contribution in [0.4, 0.5) is 0 Å². The Morgan fingerprint density at radius 1 is 1.50 bits per heavy atom. The molecule has 0 aliphatic carbocycles. The van der Waals surface area contributed by atoms with Crippen LogP contribution in [0, 0.1) is 6.92 Å². The number of aromatic carboxylic acids is 1. The van der Waals surface area contributed by atoms with Crippen LogP contribution in [0.15, 0.2) is 0 Å². The van der Waals surface area contributed by atoms with E-state index in [0.717, 1.165) is 17.8 Å². The Balaban J connectivity index is 2.58. The fourth-order valence-electron chi connectivity index (χ4n) is 1.22. The fraction of sp³-hybridized carbons (Fsp3) is 0.500. The molecule has 0 aliphatic rings. The van der Waals surface area contributed by atoms with Crippen LogP contribution in [0.2, 0.25) is 0 Å². The molecule has 2 N–H and O–H groups in total. The number of aryl methyl sites for hydroxylation is 1. The third-order valence-electron chi connectivity index (χ3n) is 1.95. The maximum atomic E-state index is 11.2. The van der Waals surface area contributed by atoms with Crippen molar-refractivity contribution in [2.45, 2.75) is 33.2 Å². The largest absolute Gasteiger partial charge is 0.477 e. The van der Waals surface area contributed by atoms with Gasteiger partial charge in [-0.1, -0.05) is 6.92 Å². The second-order valence-electron chi connectivity index (χ2n) is 3.35. The van der Waals surface area contributed by atoms with Gasteiger partial charge in [0.25, 0.3) is 0 Å². The molecule has 1 aromatic rings. The lowest BCUT2D eigenvalue weighted by Crippen LogP contribution is -2.21. The number of amides is 1. The highest BCUT2D eigenvalue weighted by molar-refractivity contribution is 7.13. The van der Waals surface area contributed by atoms with Crippen LogP contribution in [0.25, 0.3) is 0 Å². The molecular weight excluding hydrogens is 228 g/mol. The van der Waals surface area contributed by atoms with Crippen LogP contribution in [0.3, 0.4) is 0 Å². The standard InChI is InChI=1S/C10H14N2O3S/c1-3-4-7(13)11-5-8-12-6(2)9(16-8)10(14)15/h3-5H2,1-2H3,(H,11,13)(H,14,15). The van der Waals surface area contributed by atoms with Gasteiger partial charge in [-0.2, -0.15) is 0 Å². The number of nitrogens with one attached hydrogen (secondary N) is 1. The van der Waals surface area contributed by atoms with E-state index >= 15 is 0 Å². The highest BCUT2D eigenvalue weighted by Crippen LogP contribution is 2.17. The van der Waals surface area contributed by atoms with Gasteiger partial charge in [0.1, 0.15) is 9.88 Å². The van der Waals surface area contributed by atoms with E-state index in [1.54, 1.807) is 6.92 Å². The van der Waals surface area contributed by atoms with Crippen molar-refractivity contribution in [2.24, 2.45) is 0 Å². The van der Waals surface area contributed by atoms with Gasteiger partial charge in [-0.3, -0.25) is 4.79 Å². The molecule has 1 heterocycles. The van der Waals surface area contributed by atoms with Crippen molar-refractivity contribution in [3.05, 3.63) is 15.6 Å². The smallest absolute Gasteiger partial charge is 0.347 e. The molecule has 0 spiro atoms. The van der Waals surface area contributed by atoms with Crippen LogP contribution < -0.4 is 5.32 Å². The second kappa shape index (κ2) is 5.60. The van der Waals surface area contributed by atoms with Gasteiger partial charge in [-0.15, -0.1) is 11.3 Å². The predicted molar refractivity (Wildman–Crippen MR) is 60.6 cm³/mol. The highest BCUT2D eigenvalue weighted by Gasteiger charge is 2.13. The Morgan fingerprint density at radius 2 is 2.19 bits per heavy atom. The van der Waals surface area contributed by atoms with E-state index in [1.807, 2.05) is 6.92 Å². The molecule has 5 nitrogen and oxygen atoms in total. The van der Waals surface area contributed by atoms with Crippen LogP contribution >= 0.6 is 11.3 Å². The van der Waals surface area contributed by atoms with Crippen molar-refractivity contribution < 1.29 is 14.7 Å². The molecule has 0 aliphatic heterocycles. The Kier molecular flexibility index (Phi) is 4.42. The molecule has 6 heteroatoms. The molecule has 0 unspecified atom stereocenters. The number of rotatable bonds is 5. The van der Waals surface area contributed by atoms with Crippen LogP contribution in [0.1, 0.15) is 40.1 Å². The van der Waals surface area contributed by atoms with E-state index in [2.05, 4.69) is 10.3 Å². The van der Waals surface area contributed by atoms with Crippen molar-refractivity contribution >= 4 is 23.2 Å². The van der Waals surface area contributed by atoms with Crippen LogP contribution in [-0.2, 0) is 11.3 Å². The average molecular weight is 242 g/mol. The van der Waals surface area contributed by atoms with E-state index < -0.39 is 5.97 Å². The molecule has 0 aromatic carbocycles. The lowest BCUT2D eigenvalue weighted by molar-refractivity contribution is -0.121. The normalized spacial score (nSPS) is 10.1. The molecule has 0 atom stereocenters. The summed E-state index contributed by atoms with van der Waals surface area (Å²) in [7, 11) is 0. The van der Waals surface area contributed by atoms with Gasteiger partial charge >= 0.3 is 5.97 Å².